The van der Waals surface area contributed by atoms with Crippen LogP contribution in [0.25, 0.3) is 0 Å². The molecule has 5 nitrogen and oxygen atoms in total. The molecule has 1 aliphatic heterocycles. The SMILES string of the molecule is CCCCCCNC(=O)NCC1CN(Cc2ccccc2)CCN1Cc1ccccc1. The Hall–Kier alpha value is -2.37. The molecule has 2 amide bonds. The van der Waals surface area contributed by atoms with Crippen LogP contribution in [0.5, 0.6) is 0 Å². The van der Waals surface area contributed by atoms with E-state index in [-0.39, 0.29) is 6.03 Å². The molecule has 3 rings (SSSR count). The van der Waals surface area contributed by atoms with Crippen LogP contribution < -0.4 is 10.6 Å². The van der Waals surface area contributed by atoms with Crippen molar-refractivity contribution < 1.29 is 4.79 Å². The van der Waals surface area contributed by atoms with E-state index in [1.807, 2.05) is 0 Å². The Morgan fingerprint density at radius 1 is 0.871 bits per heavy atom. The van der Waals surface area contributed by atoms with Gasteiger partial charge in [-0.3, -0.25) is 9.80 Å². The van der Waals surface area contributed by atoms with Gasteiger partial charge >= 0.3 is 6.03 Å². The molecule has 1 atom stereocenters. The zero-order chi connectivity index (χ0) is 21.7. The Bertz CT molecular complexity index is 753. The number of nitrogens with one attached hydrogen (secondary N) is 2. The van der Waals surface area contributed by atoms with Crippen LogP contribution in [0.15, 0.2) is 60.7 Å². The van der Waals surface area contributed by atoms with Crippen LogP contribution in [-0.2, 0) is 13.1 Å². The summed E-state index contributed by atoms with van der Waals surface area (Å²) in [5.74, 6) is 0. The quantitative estimate of drug-likeness (QED) is 0.532. The second-order valence-corrected chi connectivity index (χ2v) is 8.53. The second-order valence-electron chi connectivity index (χ2n) is 8.53. The molecule has 1 fully saturated rings. The molecule has 5 heteroatoms. The molecule has 1 aliphatic rings. The highest BCUT2D eigenvalue weighted by molar-refractivity contribution is 5.73. The molecule has 2 aromatic rings. The van der Waals surface area contributed by atoms with Crippen molar-refractivity contribution in [1.29, 1.82) is 0 Å². The van der Waals surface area contributed by atoms with Gasteiger partial charge in [0.15, 0.2) is 0 Å². The first-order valence-electron chi connectivity index (χ1n) is 11.8. The summed E-state index contributed by atoms with van der Waals surface area (Å²) in [6.45, 7) is 8.51. The second kappa shape index (κ2) is 13.1. The summed E-state index contributed by atoms with van der Waals surface area (Å²) >= 11 is 0. The van der Waals surface area contributed by atoms with E-state index in [2.05, 4.69) is 88.0 Å². The molecule has 0 radical (unpaired) electrons. The van der Waals surface area contributed by atoms with Crippen molar-refractivity contribution in [3.63, 3.8) is 0 Å². The fraction of sp³-hybridized carbons (Fsp3) is 0.500. The fourth-order valence-electron chi connectivity index (χ4n) is 4.19. The molecule has 1 heterocycles. The molecule has 0 aromatic heterocycles. The maximum absolute atomic E-state index is 12.3. The third-order valence-corrected chi connectivity index (χ3v) is 5.98. The van der Waals surface area contributed by atoms with Gasteiger partial charge in [-0.15, -0.1) is 0 Å². The van der Waals surface area contributed by atoms with Gasteiger partial charge in [-0.1, -0.05) is 86.8 Å². The predicted molar refractivity (Wildman–Crippen MR) is 128 cm³/mol. The van der Waals surface area contributed by atoms with Gasteiger partial charge in [0.25, 0.3) is 0 Å². The number of rotatable bonds is 11. The maximum atomic E-state index is 12.3. The molecule has 2 N–H and O–H groups in total. The Balaban J connectivity index is 1.53. The molecule has 2 aromatic carbocycles. The third kappa shape index (κ3) is 8.35. The normalized spacial score (nSPS) is 17.4. The number of hydrogen-bond donors (Lipinski definition) is 2. The van der Waals surface area contributed by atoms with Gasteiger partial charge in [0.05, 0.1) is 0 Å². The number of carbonyl (C=O) groups excluding carboxylic acids is 1. The van der Waals surface area contributed by atoms with Gasteiger partial charge in [0.2, 0.25) is 0 Å². The Kier molecular flexibility index (Phi) is 9.87. The smallest absolute Gasteiger partial charge is 0.314 e. The van der Waals surface area contributed by atoms with Crippen molar-refractivity contribution >= 4 is 6.03 Å². The summed E-state index contributed by atoms with van der Waals surface area (Å²) in [5, 5.41) is 6.14. The van der Waals surface area contributed by atoms with Crippen molar-refractivity contribution in [3.8, 4) is 0 Å². The molecular formula is C26H38N4O. The summed E-state index contributed by atoms with van der Waals surface area (Å²) in [5.41, 5.74) is 2.67. The Morgan fingerprint density at radius 3 is 2.23 bits per heavy atom. The zero-order valence-corrected chi connectivity index (χ0v) is 18.9. The van der Waals surface area contributed by atoms with Crippen molar-refractivity contribution in [2.75, 3.05) is 32.7 Å². The molecule has 0 bridgehead atoms. The van der Waals surface area contributed by atoms with E-state index < -0.39 is 0 Å². The van der Waals surface area contributed by atoms with Crippen LogP contribution in [0, 0.1) is 0 Å². The minimum atomic E-state index is -0.0451. The van der Waals surface area contributed by atoms with Crippen LogP contribution in [0.4, 0.5) is 4.79 Å². The number of piperazine rings is 1. The van der Waals surface area contributed by atoms with Gasteiger partial charge in [0.1, 0.15) is 0 Å². The van der Waals surface area contributed by atoms with Crippen molar-refractivity contribution in [2.45, 2.75) is 51.7 Å². The van der Waals surface area contributed by atoms with E-state index in [4.69, 9.17) is 0 Å². The minimum absolute atomic E-state index is 0.0451. The first kappa shape index (κ1) is 23.3. The van der Waals surface area contributed by atoms with E-state index in [0.29, 0.717) is 12.6 Å². The highest BCUT2D eigenvalue weighted by Gasteiger charge is 2.27. The maximum Gasteiger partial charge on any atom is 0.314 e. The average Bonchev–Trinajstić information content (AvgIpc) is 2.80. The van der Waals surface area contributed by atoms with E-state index in [0.717, 1.165) is 45.7 Å². The van der Waals surface area contributed by atoms with E-state index >= 15 is 0 Å². The molecule has 168 valence electrons. The van der Waals surface area contributed by atoms with E-state index in [9.17, 15) is 4.79 Å². The zero-order valence-electron chi connectivity index (χ0n) is 18.9. The number of hydrogen-bond acceptors (Lipinski definition) is 3. The van der Waals surface area contributed by atoms with Gasteiger partial charge in [-0.2, -0.15) is 0 Å². The number of carbonyl (C=O) groups is 1. The Labute approximate surface area is 187 Å². The van der Waals surface area contributed by atoms with Crippen molar-refractivity contribution in [3.05, 3.63) is 71.8 Å². The van der Waals surface area contributed by atoms with E-state index in [1.54, 1.807) is 0 Å². The lowest BCUT2D eigenvalue weighted by molar-refractivity contribution is 0.0649. The highest BCUT2D eigenvalue weighted by Crippen LogP contribution is 2.16. The van der Waals surface area contributed by atoms with Crippen LogP contribution >= 0.6 is 0 Å². The standard InChI is InChI=1S/C26H38N4O/c1-2-3-4-11-16-27-26(31)28-19-25-22-29(20-23-12-7-5-8-13-23)17-18-30(25)21-24-14-9-6-10-15-24/h5-10,12-15,25H,2-4,11,16-22H2,1H3,(H2,27,28,31). The number of benzene rings is 2. The van der Waals surface area contributed by atoms with Gasteiger partial charge in [-0.25, -0.2) is 4.79 Å². The summed E-state index contributed by atoms with van der Waals surface area (Å²) in [6, 6.07) is 21.5. The fourth-order valence-corrected chi connectivity index (χ4v) is 4.19. The predicted octanol–water partition coefficient (Wildman–Crippen LogP) is 4.25. The monoisotopic (exact) mass is 422 g/mol. The summed E-state index contributed by atoms with van der Waals surface area (Å²) < 4.78 is 0. The lowest BCUT2D eigenvalue weighted by atomic mass is 10.1. The van der Waals surface area contributed by atoms with Crippen LogP contribution in [0.1, 0.15) is 43.7 Å². The number of amides is 2. The van der Waals surface area contributed by atoms with Gasteiger partial charge < -0.3 is 10.6 Å². The van der Waals surface area contributed by atoms with Crippen LogP contribution in [-0.4, -0.2) is 54.6 Å². The third-order valence-electron chi connectivity index (χ3n) is 5.98. The molecule has 1 unspecified atom stereocenters. The molecule has 0 aliphatic carbocycles. The number of nitrogens with zero attached hydrogens (tertiary/aromatic N) is 2. The molecule has 0 spiro atoms. The molecule has 1 saturated heterocycles. The van der Waals surface area contributed by atoms with Crippen molar-refractivity contribution in [1.82, 2.24) is 20.4 Å². The van der Waals surface area contributed by atoms with Gasteiger partial charge in [-0.05, 0) is 17.5 Å². The Morgan fingerprint density at radius 2 is 1.55 bits per heavy atom. The molecular weight excluding hydrogens is 384 g/mol. The summed E-state index contributed by atoms with van der Waals surface area (Å²) in [4.78, 5) is 17.3. The van der Waals surface area contributed by atoms with Crippen molar-refractivity contribution in [2.24, 2.45) is 0 Å². The average molecular weight is 423 g/mol. The topological polar surface area (TPSA) is 47.6 Å². The molecule has 31 heavy (non-hydrogen) atoms. The largest absolute Gasteiger partial charge is 0.338 e. The van der Waals surface area contributed by atoms with E-state index in [1.165, 1.54) is 30.4 Å². The first-order valence-corrected chi connectivity index (χ1v) is 11.8. The highest BCUT2D eigenvalue weighted by atomic mass is 16.2. The van der Waals surface area contributed by atoms with Crippen LogP contribution in [0.3, 0.4) is 0 Å². The number of urea groups is 1. The lowest BCUT2D eigenvalue weighted by Crippen LogP contribution is -2.57. The lowest BCUT2D eigenvalue weighted by Gasteiger charge is -2.41. The number of unbranched alkanes of at least 4 members (excludes halogenated alkanes) is 3. The molecule has 0 saturated carbocycles. The van der Waals surface area contributed by atoms with Gasteiger partial charge in [0, 0.05) is 51.9 Å². The first-order chi connectivity index (χ1) is 15.2. The summed E-state index contributed by atoms with van der Waals surface area (Å²) in [6.07, 6.45) is 4.68. The van der Waals surface area contributed by atoms with Crippen LogP contribution in [0.2, 0.25) is 0 Å². The summed E-state index contributed by atoms with van der Waals surface area (Å²) in [7, 11) is 0. The minimum Gasteiger partial charge on any atom is -0.338 e.